The molecule has 8 rings (SSSR count). The minimum atomic E-state index is -0.133. The molecule has 2 aromatic carbocycles. The van der Waals surface area contributed by atoms with Crippen molar-refractivity contribution in [1.29, 1.82) is 0 Å². The molecule has 3 N–H and O–H groups in total. The van der Waals surface area contributed by atoms with E-state index in [0.717, 1.165) is 142 Å². The molecule has 2 atom stereocenters. The number of aromatic amines is 3. The largest absolute Gasteiger partial charge is 0.496 e. The number of hydrogen-bond acceptors (Lipinski definition) is 11. The summed E-state index contributed by atoms with van der Waals surface area (Å²) in [4.78, 5) is 68.7. The third-order valence-electron chi connectivity index (χ3n) is 12.9. The lowest BCUT2D eigenvalue weighted by atomic mass is 9.95. The number of unbranched alkanes of at least 4 members (excludes halogenated alkanes) is 4. The standard InChI is InChI=1S/C29H34N4O3.C28H32N4O3.2CH4/c1-5-21(34)10-7-6-8-11-22(24-12-9-13-28(32-24)36-4)29-30-18-26(33-29)23-16-20-15-14-19(2)31-25(20)17-27(23)35-3;1-4-20(33)9-6-5-7-10-21(23-11-8-12-27(34)31-23)28-29-17-25(32-28)22-15-19-14-13-18(2)30-24(19)16-26(22)35-3;;/h9,12-18,22H,5-8,10-11H2,1-4H3,(H,30,33);8,11-17,21H,4-7,9-10H2,1-3H3,(H,29,32)(H,31,34);2*1H4. The predicted molar refractivity (Wildman–Crippen MR) is 293 cm³/mol. The van der Waals surface area contributed by atoms with Crippen LogP contribution in [0.25, 0.3) is 44.3 Å². The van der Waals surface area contributed by atoms with Crippen molar-refractivity contribution < 1.29 is 23.8 Å². The molecular formula is C59H74N8O6. The summed E-state index contributed by atoms with van der Waals surface area (Å²) in [6.07, 6.45) is 13.5. The van der Waals surface area contributed by atoms with Crippen molar-refractivity contribution in [2.24, 2.45) is 0 Å². The van der Waals surface area contributed by atoms with Crippen molar-refractivity contribution in [2.75, 3.05) is 21.3 Å². The highest BCUT2D eigenvalue weighted by Crippen LogP contribution is 2.37. The van der Waals surface area contributed by atoms with Crippen molar-refractivity contribution in [3.05, 3.63) is 142 Å². The van der Waals surface area contributed by atoms with E-state index in [-0.39, 0.29) is 32.2 Å². The van der Waals surface area contributed by atoms with Crippen LogP contribution in [0.4, 0.5) is 0 Å². The van der Waals surface area contributed by atoms with E-state index in [9.17, 15) is 14.4 Å². The zero-order valence-corrected chi connectivity index (χ0v) is 42.1. The van der Waals surface area contributed by atoms with Gasteiger partial charge in [0.1, 0.15) is 34.7 Å². The Morgan fingerprint density at radius 1 is 0.562 bits per heavy atom. The average molecular weight is 991 g/mol. The molecule has 0 bridgehead atoms. The van der Waals surface area contributed by atoms with Gasteiger partial charge in [-0.25, -0.2) is 15.0 Å². The van der Waals surface area contributed by atoms with Crippen LogP contribution in [-0.2, 0) is 9.59 Å². The summed E-state index contributed by atoms with van der Waals surface area (Å²) in [5, 5.41) is 2.06. The number of carbonyl (C=O) groups is 2. The molecule has 386 valence electrons. The highest BCUT2D eigenvalue weighted by atomic mass is 16.5. The highest BCUT2D eigenvalue weighted by molar-refractivity contribution is 5.88. The second-order valence-electron chi connectivity index (χ2n) is 17.9. The number of nitrogens with zero attached hydrogens (tertiary/aromatic N) is 5. The van der Waals surface area contributed by atoms with Crippen LogP contribution in [0.3, 0.4) is 0 Å². The van der Waals surface area contributed by atoms with Gasteiger partial charge in [-0.05, 0) is 75.9 Å². The lowest BCUT2D eigenvalue weighted by Crippen LogP contribution is -2.12. The van der Waals surface area contributed by atoms with Crippen molar-refractivity contribution in [3.8, 4) is 39.9 Å². The number of nitrogens with one attached hydrogen (secondary N) is 3. The number of benzene rings is 2. The zero-order valence-electron chi connectivity index (χ0n) is 42.1. The number of ketones is 2. The number of aryl methyl sites for hydroxylation is 2. The minimum absolute atomic E-state index is 0. The van der Waals surface area contributed by atoms with Crippen molar-refractivity contribution in [3.63, 3.8) is 0 Å². The Morgan fingerprint density at radius 3 is 1.56 bits per heavy atom. The Bertz CT molecular complexity index is 3120. The Morgan fingerprint density at radius 2 is 1.07 bits per heavy atom. The first kappa shape index (κ1) is 56.4. The third-order valence-corrected chi connectivity index (χ3v) is 12.9. The molecule has 14 heteroatoms. The van der Waals surface area contributed by atoms with E-state index in [1.807, 2.05) is 88.6 Å². The molecule has 6 aromatic heterocycles. The Kier molecular flexibility index (Phi) is 21.2. The summed E-state index contributed by atoms with van der Waals surface area (Å²) >= 11 is 0. The number of ether oxygens (including phenoxy) is 3. The van der Waals surface area contributed by atoms with Gasteiger partial charge in [-0.2, -0.15) is 0 Å². The Hall–Kier alpha value is -7.48. The van der Waals surface area contributed by atoms with Crippen LogP contribution in [0.5, 0.6) is 17.4 Å². The molecule has 14 nitrogen and oxygen atoms in total. The molecule has 0 aliphatic rings. The van der Waals surface area contributed by atoms with E-state index < -0.39 is 0 Å². The monoisotopic (exact) mass is 991 g/mol. The fourth-order valence-electron chi connectivity index (χ4n) is 8.89. The molecule has 0 spiro atoms. The number of aromatic nitrogens is 8. The zero-order chi connectivity index (χ0) is 50.3. The fraction of sp³-hybridized carbons (Fsp3) is 0.390. The number of imidazole rings is 2. The summed E-state index contributed by atoms with van der Waals surface area (Å²) in [5.74, 6) is 4.20. The minimum Gasteiger partial charge on any atom is -0.496 e. The van der Waals surface area contributed by atoms with Crippen LogP contribution >= 0.6 is 0 Å². The van der Waals surface area contributed by atoms with Crippen LogP contribution in [0.1, 0.15) is 152 Å². The van der Waals surface area contributed by atoms with Gasteiger partial charge in [0.05, 0.1) is 73.7 Å². The van der Waals surface area contributed by atoms with Crippen LogP contribution in [0, 0.1) is 13.8 Å². The van der Waals surface area contributed by atoms with Crippen molar-refractivity contribution >= 4 is 33.4 Å². The molecule has 0 aliphatic carbocycles. The number of Topliss-reactive ketones (excluding diaryl/α,β-unsaturated/α-hetero) is 2. The second kappa shape index (κ2) is 27.4. The van der Waals surface area contributed by atoms with Crippen LogP contribution in [0.2, 0.25) is 0 Å². The van der Waals surface area contributed by atoms with E-state index in [1.165, 1.54) is 6.07 Å². The quantitative estimate of drug-likeness (QED) is 0.0517. The van der Waals surface area contributed by atoms with Gasteiger partial charge in [-0.1, -0.05) is 78.6 Å². The normalized spacial score (nSPS) is 11.7. The summed E-state index contributed by atoms with van der Waals surface area (Å²) in [6.45, 7) is 7.77. The molecule has 0 fully saturated rings. The number of carbonyl (C=O) groups excluding carboxylic acids is 2. The van der Waals surface area contributed by atoms with E-state index in [4.69, 9.17) is 29.2 Å². The number of H-pyrrole nitrogens is 3. The van der Waals surface area contributed by atoms with Crippen LogP contribution in [-0.4, -0.2) is 72.8 Å². The molecule has 8 aromatic rings. The first-order valence-corrected chi connectivity index (χ1v) is 24.8. The maximum atomic E-state index is 12.0. The van der Waals surface area contributed by atoms with Crippen LogP contribution < -0.4 is 19.8 Å². The molecular weight excluding hydrogens is 917 g/mol. The van der Waals surface area contributed by atoms with E-state index in [1.54, 1.807) is 27.4 Å². The van der Waals surface area contributed by atoms with Crippen LogP contribution in [0.15, 0.2) is 102 Å². The van der Waals surface area contributed by atoms with Gasteiger partial charge in [0, 0.05) is 88.9 Å². The summed E-state index contributed by atoms with van der Waals surface area (Å²) in [6, 6.07) is 27.2. The maximum Gasteiger partial charge on any atom is 0.248 e. The van der Waals surface area contributed by atoms with Gasteiger partial charge in [0.15, 0.2) is 0 Å². The SMILES string of the molecule is C.C.CCC(=O)CCCCCC(c1cccc(=O)[nH]1)c1ncc(-c2cc3ccc(C)nc3cc2OC)[nH]1.CCC(=O)CCCCCC(c1cccc(OC)n1)c1ncc(-c2cc3ccc(C)nc3cc2OC)[nH]1. The average Bonchev–Trinajstić information content (AvgIpc) is 4.09. The van der Waals surface area contributed by atoms with Gasteiger partial charge < -0.3 is 29.2 Å². The summed E-state index contributed by atoms with van der Waals surface area (Å²) in [5.41, 5.74) is 8.87. The number of fused-ring (bicyclic) bond motifs is 2. The molecule has 73 heavy (non-hydrogen) atoms. The predicted octanol–water partition coefficient (Wildman–Crippen LogP) is 13.4. The molecule has 0 radical (unpaired) electrons. The Balaban J connectivity index is 0.000000264. The second-order valence-corrected chi connectivity index (χ2v) is 17.9. The Labute approximate surface area is 430 Å². The first-order valence-electron chi connectivity index (χ1n) is 24.8. The smallest absolute Gasteiger partial charge is 0.248 e. The van der Waals surface area contributed by atoms with E-state index in [2.05, 4.69) is 49.2 Å². The first-order chi connectivity index (χ1) is 34.5. The van der Waals surface area contributed by atoms with Gasteiger partial charge >= 0.3 is 0 Å². The highest BCUT2D eigenvalue weighted by Gasteiger charge is 2.23. The lowest BCUT2D eigenvalue weighted by molar-refractivity contribution is -0.119. The van der Waals surface area contributed by atoms with Crippen molar-refractivity contribution in [1.82, 2.24) is 39.9 Å². The van der Waals surface area contributed by atoms with E-state index >= 15 is 0 Å². The third kappa shape index (κ3) is 14.8. The van der Waals surface area contributed by atoms with Gasteiger partial charge in [-0.15, -0.1) is 0 Å². The number of hydrogen-bond donors (Lipinski definition) is 3. The molecule has 2 unspecified atom stereocenters. The molecule has 0 aliphatic heterocycles. The lowest BCUT2D eigenvalue weighted by Gasteiger charge is -2.15. The maximum absolute atomic E-state index is 12.0. The molecule has 0 amide bonds. The van der Waals surface area contributed by atoms with Gasteiger partial charge in [0.2, 0.25) is 11.4 Å². The van der Waals surface area contributed by atoms with Gasteiger partial charge in [-0.3, -0.25) is 24.4 Å². The topological polar surface area (TPSA) is 191 Å². The number of rotatable bonds is 23. The molecule has 6 heterocycles. The summed E-state index contributed by atoms with van der Waals surface area (Å²) in [7, 11) is 4.95. The fourth-order valence-corrected chi connectivity index (χ4v) is 8.89. The van der Waals surface area contributed by atoms with Gasteiger partial charge in [0.25, 0.3) is 0 Å². The molecule has 0 saturated heterocycles. The van der Waals surface area contributed by atoms with Crippen molar-refractivity contribution in [2.45, 2.75) is 131 Å². The number of methoxy groups -OCH3 is 3. The molecule has 0 saturated carbocycles. The summed E-state index contributed by atoms with van der Waals surface area (Å²) < 4.78 is 16.8. The number of pyridine rings is 4. The van der Waals surface area contributed by atoms with E-state index in [0.29, 0.717) is 43.1 Å².